The molecule has 0 aliphatic heterocycles. The maximum Gasteiger partial charge on any atom is 0.170 e. The quantitative estimate of drug-likeness (QED) is 0.203. The Labute approximate surface area is 227 Å². The molecule has 4 heteroatoms. The summed E-state index contributed by atoms with van der Waals surface area (Å²) in [5.41, 5.74) is 5.50. The van der Waals surface area contributed by atoms with Crippen molar-refractivity contribution in [1.29, 1.82) is 0 Å². The van der Waals surface area contributed by atoms with Gasteiger partial charge < -0.3 is 4.79 Å². The fourth-order valence-corrected chi connectivity index (χ4v) is 7.62. The van der Waals surface area contributed by atoms with Crippen molar-refractivity contribution < 1.29 is 9.59 Å². The van der Waals surface area contributed by atoms with Gasteiger partial charge in [-0.3, -0.25) is 4.79 Å². The number of benzene rings is 3. The number of allylic oxidation sites excluding steroid dienone is 3. The number of hydrogen-bond acceptors (Lipinski definition) is 4. The second-order valence-corrected chi connectivity index (χ2v) is 11.3. The first-order chi connectivity index (χ1) is 18.5. The van der Waals surface area contributed by atoms with Crippen molar-refractivity contribution in [3.8, 4) is 0 Å². The van der Waals surface area contributed by atoms with Crippen molar-refractivity contribution >= 4 is 28.5 Å². The minimum absolute atomic E-state index is 0.0811. The predicted molar refractivity (Wildman–Crippen MR) is 153 cm³/mol. The van der Waals surface area contributed by atoms with Crippen molar-refractivity contribution in [2.75, 3.05) is 0 Å². The Balaban J connectivity index is 0.000000620. The number of Topliss-reactive ketones (excluding diaryl/α,β-unsaturated/α-hetero) is 2. The first kappa shape index (κ1) is 24.4. The topological polar surface area (TPSA) is 47.0 Å². The number of ketones is 2. The Morgan fingerprint density at radius 3 is 1.76 bits per heavy atom. The number of carbonyl (C=O) groups excluding carboxylic acids is 2. The van der Waals surface area contributed by atoms with Crippen LogP contribution in [0, 0.1) is 23.2 Å². The van der Waals surface area contributed by atoms with Crippen LogP contribution in [0.25, 0.3) is 5.57 Å². The van der Waals surface area contributed by atoms with E-state index in [-0.39, 0.29) is 35.2 Å². The number of hydrogen-bond donors (Lipinski definition) is 0. The van der Waals surface area contributed by atoms with Gasteiger partial charge in [-0.25, -0.2) is 4.98 Å². The minimum atomic E-state index is -0.442. The highest BCUT2D eigenvalue weighted by atomic mass is 32.1. The van der Waals surface area contributed by atoms with E-state index in [0.29, 0.717) is 0 Å². The molecule has 5 atom stereocenters. The SMILES string of the molecule is CC(C)=O.O=C(c1ccccc1)[C@@]12[C@@H]3C(=C(c4ccccc4)c4ccccc4)[C@@H](C=C[C@@H]31)[C@H]2c1nccs1. The standard InChI is InChI=1S/C31H23NOS.C3H6O/c33-29(22-14-8-3-9-15-22)31-24-17-16-23(27(31)30-32-18-19-34-30)26(28(24)31)25(20-10-4-1-5-11-20)21-12-6-2-7-13-21;1-3(2)4/h1-19,23-24,27-28H;1-2H3/t23-,24+,27+,28+,31+;/m1./s1. The van der Waals surface area contributed by atoms with Gasteiger partial charge in [0.1, 0.15) is 5.78 Å². The number of rotatable bonds is 5. The third-order valence-corrected chi connectivity index (χ3v) is 8.83. The molecular weight excluding hydrogens is 486 g/mol. The summed E-state index contributed by atoms with van der Waals surface area (Å²) in [5.74, 6) is 1.12. The molecule has 1 aromatic heterocycles. The van der Waals surface area contributed by atoms with Gasteiger partial charge in [0.05, 0.1) is 10.4 Å². The molecule has 4 aromatic rings. The second kappa shape index (κ2) is 9.77. The molecule has 8 rings (SSSR count). The summed E-state index contributed by atoms with van der Waals surface area (Å²) < 4.78 is 0. The summed E-state index contributed by atoms with van der Waals surface area (Å²) in [7, 11) is 0. The van der Waals surface area contributed by atoms with Gasteiger partial charge in [-0.05, 0) is 42.0 Å². The van der Waals surface area contributed by atoms with Crippen LogP contribution in [-0.2, 0) is 4.79 Å². The molecule has 4 aliphatic carbocycles. The van der Waals surface area contributed by atoms with Gasteiger partial charge in [0.25, 0.3) is 0 Å². The predicted octanol–water partition coefficient (Wildman–Crippen LogP) is 7.64. The lowest BCUT2D eigenvalue weighted by Crippen LogP contribution is -2.30. The zero-order valence-electron chi connectivity index (χ0n) is 21.5. The van der Waals surface area contributed by atoms with E-state index in [4.69, 9.17) is 4.98 Å². The van der Waals surface area contributed by atoms with Crippen LogP contribution in [-0.4, -0.2) is 16.6 Å². The molecule has 1 heterocycles. The molecule has 38 heavy (non-hydrogen) atoms. The van der Waals surface area contributed by atoms with Crippen LogP contribution in [0.15, 0.2) is 120 Å². The molecule has 0 N–H and O–H groups in total. The van der Waals surface area contributed by atoms with Crippen molar-refractivity contribution in [2.24, 2.45) is 23.2 Å². The van der Waals surface area contributed by atoms with Crippen LogP contribution in [0.3, 0.4) is 0 Å². The third-order valence-electron chi connectivity index (χ3n) is 7.97. The van der Waals surface area contributed by atoms with Gasteiger partial charge in [0.15, 0.2) is 5.78 Å². The van der Waals surface area contributed by atoms with Gasteiger partial charge in [0, 0.05) is 34.9 Å². The highest BCUT2D eigenvalue weighted by Crippen LogP contribution is 2.82. The highest BCUT2D eigenvalue weighted by molar-refractivity contribution is 7.09. The zero-order chi connectivity index (χ0) is 26.3. The van der Waals surface area contributed by atoms with Crippen molar-refractivity contribution in [1.82, 2.24) is 4.98 Å². The average molecular weight is 516 g/mol. The molecule has 0 radical (unpaired) electrons. The number of aromatic nitrogens is 1. The molecule has 0 amide bonds. The first-order valence-electron chi connectivity index (χ1n) is 13.0. The molecule has 2 saturated carbocycles. The summed E-state index contributed by atoms with van der Waals surface area (Å²) >= 11 is 1.69. The van der Waals surface area contributed by atoms with Gasteiger partial charge in [-0.15, -0.1) is 11.3 Å². The molecule has 3 aromatic carbocycles. The minimum Gasteiger partial charge on any atom is -0.300 e. The normalized spacial score (nSPS) is 25.8. The fourth-order valence-electron chi connectivity index (χ4n) is 6.75. The molecular formula is C34H29NO2S. The number of carbonyl (C=O) groups is 2. The molecule has 0 spiro atoms. The highest BCUT2D eigenvalue weighted by Gasteiger charge is 2.80. The monoisotopic (exact) mass is 515 g/mol. The van der Waals surface area contributed by atoms with E-state index in [1.165, 1.54) is 36.1 Å². The zero-order valence-corrected chi connectivity index (χ0v) is 22.3. The second-order valence-electron chi connectivity index (χ2n) is 10.4. The van der Waals surface area contributed by atoms with E-state index < -0.39 is 5.41 Å². The summed E-state index contributed by atoms with van der Waals surface area (Å²) in [6.45, 7) is 3.06. The number of thiazole rings is 1. The molecule has 3 nitrogen and oxygen atoms in total. The Kier molecular flexibility index (Phi) is 6.29. The molecule has 2 fully saturated rings. The van der Waals surface area contributed by atoms with Crippen molar-refractivity contribution in [3.05, 3.63) is 142 Å². The van der Waals surface area contributed by atoms with E-state index in [1.54, 1.807) is 11.3 Å². The van der Waals surface area contributed by atoms with E-state index in [9.17, 15) is 9.59 Å². The van der Waals surface area contributed by atoms with E-state index in [2.05, 4.69) is 72.8 Å². The largest absolute Gasteiger partial charge is 0.300 e. The van der Waals surface area contributed by atoms with Gasteiger partial charge >= 0.3 is 0 Å². The fraction of sp³-hybridized carbons (Fsp3) is 0.206. The summed E-state index contributed by atoms with van der Waals surface area (Å²) in [4.78, 5) is 28.5. The van der Waals surface area contributed by atoms with Gasteiger partial charge in [-0.1, -0.05) is 103 Å². The first-order valence-corrected chi connectivity index (χ1v) is 13.9. The van der Waals surface area contributed by atoms with Crippen LogP contribution in [0.4, 0.5) is 0 Å². The molecule has 4 bridgehead atoms. The van der Waals surface area contributed by atoms with Gasteiger partial charge in [0.2, 0.25) is 0 Å². The smallest absolute Gasteiger partial charge is 0.170 e. The van der Waals surface area contributed by atoms with Crippen LogP contribution in [0.2, 0.25) is 0 Å². The third kappa shape index (κ3) is 3.83. The molecule has 0 unspecified atom stereocenters. The maximum atomic E-state index is 14.3. The van der Waals surface area contributed by atoms with Crippen molar-refractivity contribution in [3.63, 3.8) is 0 Å². The number of nitrogens with zero attached hydrogens (tertiary/aromatic N) is 1. The Hall–Kier alpha value is -3.89. The Morgan fingerprint density at radius 1 is 0.737 bits per heavy atom. The summed E-state index contributed by atoms with van der Waals surface area (Å²) in [5, 5.41) is 3.13. The van der Waals surface area contributed by atoms with Crippen LogP contribution in [0.5, 0.6) is 0 Å². The molecule has 0 saturated heterocycles. The van der Waals surface area contributed by atoms with Crippen LogP contribution in [0.1, 0.15) is 46.3 Å². The van der Waals surface area contributed by atoms with E-state index in [0.717, 1.165) is 10.6 Å². The Bertz CT molecular complexity index is 1480. The van der Waals surface area contributed by atoms with Crippen LogP contribution >= 0.6 is 11.3 Å². The lowest BCUT2D eigenvalue weighted by molar-refractivity contribution is -0.115. The average Bonchev–Trinajstić information content (AvgIpc) is 3.22. The van der Waals surface area contributed by atoms with Gasteiger partial charge in [-0.2, -0.15) is 0 Å². The van der Waals surface area contributed by atoms with E-state index >= 15 is 0 Å². The van der Waals surface area contributed by atoms with E-state index in [1.807, 2.05) is 41.9 Å². The van der Waals surface area contributed by atoms with Crippen molar-refractivity contribution in [2.45, 2.75) is 19.8 Å². The molecule has 4 aliphatic rings. The summed E-state index contributed by atoms with van der Waals surface area (Å²) in [6, 6.07) is 31.2. The van der Waals surface area contributed by atoms with Crippen LogP contribution < -0.4 is 0 Å². The summed E-state index contributed by atoms with van der Waals surface area (Å²) in [6.07, 6.45) is 6.56. The lowest BCUT2D eigenvalue weighted by atomic mass is 9.71. The molecule has 188 valence electrons. The lowest BCUT2D eigenvalue weighted by Gasteiger charge is -2.32. The Morgan fingerprint density at radius 2 is 1.26 bits per heavy atom. The maximum absolute atomic E-state index is 14.3.